The Morgan fingerprint density at radius 1 is 1.09 bits per heavy atom. The quantitative estimate of drug-likeness (QED) is 0.197. The lowest BCUT2D eigenvalue weighted by Crippen LogP contribution is -2.41. The number of aryl methyl sites for hydroxylation is 1. The minimum atomic E-state index is -4.80. The molecule has 2 aromatic carbocycles. The maximum Gasteiger partial charge on any atom is 0.416 e. The van der Waals surface area contributed by atoms with E-state index >= 15 is 4.39 Å². The van der Waals surface area contributed by atoms with E-state index < -0.39 is 53.5 Å². The molecule has 0 aliphatic rings. The van der Waals surface area contributed by atoms with Gasteiger partial charge in [-0.3, -0.25) is 14.4 Å². The van der Waals surface area contributed by atoms with Crippen LogP contribution in [0.3, 0.4) is 0 Å². The first-order valence-electron chi connectivity index (χ1n) is 14.1. The zero-order valence-corrected chi connectivity index (χ0v) is 26.9. The molecule has 0 aliphatic heterocycles. The van der Waals surface area contributed by atoms with Crippen LogP contribution < -0.4 is 10.9 Å². The van der Waals surface area contributed by atoms with Gasteiger partial charge in [0.15, 0.2) is 0 Å². The molecular formula is C32H35Cl2F4N3O4. The number of likely N-dealkylation sites (N-methyl/N-ethyl adjacent to an activating group) is 1. The summed E-state index contributed by atoms with van der Waals surface area (Å²) in [7, 11) is 3.38. The Bertz CT molecular complexity index is 1600. The number of hydrogen-bond acceptors (Lipinski definition) is 4. The van der Waals surface area contributed by atoms with Gasteiger partial charge in [0.05, 0.1) is 18.0 Å². The number of halogens is 6. The predicted molar refractivity (Wildman–Crippen MR) is 166 cm³/mol. The molecular weight excluding hydrogens is 637 g/mol. The van der Waals surface area contributed by atoms with Crippen molar-refractivity contribution >= 4 is 35.1 Å². The highest BCUT2D eigenvalue weighted by Gasteiger charge is 2.36. The molecule has 0 aliphatic carbocycles. The van der Waals surface area contributed by atoms with E-state index in [-0.39, 0.29) is 52.0 Å². The van der Waals surface area contributed by atoms with Crippen LogP contribution >= 0.6 is 23.2 Å². The number of nitrogens with zero attached hydrogens (tertiary/aromatic N) is 2. The summed E-state index contributed by atoms with van der Waals surface area (Å²) in [4.78, 5) is 40.6. The van der Waals surface area contributed by atoms with Crippen molar-refractivity contribution in [1.29, 1.82) is 0 Å². The molecule has 2 unspecified atom stereocenters. The van der Waals surface area contributed by atoms with Crippen LogP contribution in [0.4, 0.5) is 17.6 Å². The second-order valence-electron chi connectivity index (χ2n) is 11.6. The average Bonchev–Trinajstić information content (AvgIpc) is 2.91. The van der Waals surface area contributed by atoms with Crippen molar-refractivity contribution in [3.63, 3.8) is 0 Å². The number of nitrogens with one attached hydrogen (secondary N) is 1. The van der Waals surface area contributed by atoms with Crippen molar-refractivity contribution in [2.24, 2.45) is 5.92 Å². The standard InChI is InChI=1S/C32H35Cl2F4N3O4/c1-17(2)11-26(41-16-19(9-10-40(4)5)22(14-27(41)42)32(36,37)38)31(45)39-25(15-28(43)44)21-13-20(12-18(3)30(21)35)29-23(33)7-6-8-24(29)34/h6-8,12-14,16-17,25-26H,9-11,15H2,1-5H3,(H,39,45)(H,43,44). The van der Waals surface area contributed by atoms with Crippen LogP contribution in [-0.2, 0) is 22.2 Å². The molecule has 0 saturated carbocycles. The van der Waals surface area contributed by atoms with Crippen LogP contribution in [0, 0.1) is 18.7 Å². The number of alkyl halides is 3. The van der Waals surface area contributed by atoms with Crippen molar-refractivity contribution in [3.8, 4) is 11.1 Å². The fraction of sp³-hybridized carbons (Fsp3) is 0.406. The van der Waals surface area contributed by atoms with E-state index in [4.69, 9.17) is 23.2 Å². The summed E-state index contributed by atoms with van der Waals surface area (Å²) in [6.07, 6.45) is -4.51. The van der Waals surface area contributed by atoms with Crippen LogP contribution in [0.25, 0.3) is 11.1 Å². The lowest BCUT2D eigenvalue weighted by atomic mass is 9.93. The third-order valence-electron chi connectivity index (χ3n) is 7.23. The van der Waals surface area contributed by atoms with Crippen LogP contribution in [0.15, 0.2) is 47.4 Å². The van der Waals surface area contributed by atoms with Crippen molar-refractivity contribution in [3.05, 3.63) is 91.1 Å². The van der Waals surface area contributed by atoms with Crippen molar-refractivity contribution in [1.82, 2.24) is 14.8 Å². The smallest absolute Gasteiger partial charge is 0.416 e. The van der Waals surface area contributed by atoms with E-state index in [2.05, 4.69) is 5.32 Å². The predicted octanol–water partition coefficient (Wildman–Crippen LogP) is 7.31. The van der Waals surface area contributed by atoms with Gasteiger partial charge < -0.3 is 19.9 Å². The van der Waals surface area contributed by atoms with Crippen molar-refractivity contribution < 1.29 is 32.3 Å². The number of rotatable bonds is 12. The van der Waals surface area contributed by atoms with Crippen LogP contribution in [0.1, 0.15) is 61.0 Å². The summed E-state index contributed by atoms with van der Waals surface area (Å²) >= 11 is 12.7. The Morgan fingerprint density at radius 2 is 1.71 bits per heavy atom. The first kappa shape index (κ1) is 36.1. The maximum atomic E-state index is 15.6. The van der Waals surface area contributed by atoms with Crippen molar-refractivity contribution in [2.75, 3.05) is 20.6 Å². The van der Waals surface area contributed by atoms with Gasteiger partial charge in [-0.2, -0.15) is 13.2 Å². The molecule has 1 aromatic heterocycles. The average molecular weight is 673 g/mol. The van der Waals surface area contributed by atoms with Gasteiger partial charge in [-0.25, -0.2) is 4.39 Å². The number of carboxylic acid groups (broad SMARTS) is 1. The lowest BCUT2D eigenvalue weighted by Gasteiger charge is -2.27. The third kappa shape index (κ3) is 9.08. The number of carboxylic acids is 1. The fourth-order valence-electron chi connectivity index (χ4n) is 5.09. The molecule has 13 heteroatoms. The molecule has 2 atom stereocenters. The Morgan fingerprint density at radius 3 is 2.24 bits per heavy atom. The fourth-order valence-corrected chi connectivity index (χ4v) is 5.70. The van der Waals surface area contributed by atoms with Gasteiger partial charge >= 0.3 is 12.1 Å². The summed E-state index contributed by atoms with van der Waals surface area (Å²) in [6.45, 7) is 5.23. The van der Waals surface area contributed by atoms with Crippen LogP contribution in [0.5, 0.6) is 0 Å². The van der Waals surface area contributed by atoms with Gasteiger partial charge in [0.1, 0.15) is 11.9 Å². The number of carbonyl (C=O) groups is 2. The molecule has 0 bridgehead atoms. The first-order valence-corrected chi connectivity index (χ1v) is 14.9. The monoisotopic (exact) mass is 671 g/mol. The highest BCUT2D eigenvalue weighted by atomic mass is 35.5. The second-order valence-corrected chi connectivity index (χ2v) is 12.4. The molecule has 3 rings (SSSR count). The number of hydrogen-bond donors (Lipinski definition) is 2. The summed E-state index contributed by atoms with van der Waals surface area (Å²) in [5.41, 5.74) is -1.59. The minimum absolute atomic E-state index is 0.0286. The zero-order chi connectivity index (χ0) is 33.8. The molecule has 244 valence electrons. The Labute approximate surface area is 268 Å². The maximum absolute atomic E-state index is 15.6. The van der Waals surface area contributed by atoms with Gasteiger partial charge in [-0.05, 0) is 80.7 Å². The van der Waals surface area contributed by atoms with Crippen molar-refractivity contribution in [2.45, 2.75) is 58.3 Å². The van der Waals surface area contributed by atoms with E-state index in [0.717, 1.165) is 10.8 Å². The molecule has 1 amide bonds. The number of pyridine rings is 1. The molecule has 0 spiro atoms. The first-order chi connectivity index (χ1) is 20.9. The molecule has 7 nitrogen and oxygen atoms in total. The zero-order valence-electron chi connectivity index (χ0n) is 25.4. The highest BCUT2D eigenvalue weighted by molar-refractivity contribution is 6.39. The van der Waals surface area contributed by atoms with Crippen LogP contribution in [0.2, 0.25) is 10.0 Å². The topological polar surface area (TPSA) is 91.6 Å². The van der Waals surface area contributed by atoms with Gasteiger partial charge in [0, 0.05) is 40.0 Å². The van der Waals surface area contributed by atoms with Gasteiger partial charge in [-0.15, -0.1) is 0 Å². The number of amides is 1. The summed E-state index contributed by atoms with van der Waals surface area (Å²) in [6, 6.07) is 5.38. The number of carbonyl (C=O) groups excluding carboxylic acids is 1. The summed E-state index contributed by atoms with van der Waals surface area (Å²) in [5.74, 6) is -3.18. The number of aromatic nitrogens is 1. The molecule has 3 aromatic rings. The largest absolute Gasteiger partial charge is 0.481 e. The Kier molecular flexibility index (Phi) is 11.9. The molecule has 0 fully saturated rings. The van der Waals surface area contributed by atoms with Gasteiger partial charge in [-0.1, -0.05) is 43.1 Å². The molecule has 1 heterocycles. The van der Waals surface area contributed by atoms with Gasteiger partial charge in [0.2, 0.25) is 5.91 Å². The van der Waals surface area contributed by atoms with E-state index in [0.29, 0.717) is 17.2 Å². The number of benzene rings is 2. The summed E-state index contributed by atoms with van der Waals surface area (Å²) in [5, 5.41) is 12.8. The molecule has 45 heavy (non-hydrogen) atoms. The van der Waals surface area contributed by atoms with E-state index in [1.54, 1.807) is 51.0 Å². The highest BCUT2D eigenvalue weighted by Crippen LogP contribution is 2.38. The number of aliphatic carboxylic acids is 1. The SMILES string of the molecule is Cc1cc(-c2c(Cl)cccc2Cl)cc(C(CC(=O)O)NC(=O)C(CC(C)C)n2cc(CCN(C)C)c(C(F)(F)F)cc2=O)c1F. The van der Waals surface area contributed by atoms with E-state index in [1.165, 1.54) is 19.1 Å². The van der Waals surface area contributed by atoms with E-state index in [9.17, 15) is 32.7 Å². The Balaban J connectivity index is 2.14. The minimum Gasteiger partial charge on any atom is -0.481 e. The normalized spacial score (nSPS) is 13.3. The molecule has 2 N–H and O–H groups in total. The molecule has 0 saturated heterocycles. The Hall–Kier alpha value is -3.41. The van der Waals surface area contributed by atoms with Gasteiger partial charge in [0.25, 0.3) is 5.56 Å². The third-order valence-corrected chi connectivity index (χ3v) is 7.86. The van der Waals surface area contributed by atoms with Crippen LogP contribution in [-0.4, -0.2) is 47.1 Å². The lowest BCUT2D eigenvalue weighted by molar-refractivity contribution is -0.139. The molecule has 0 radical (unpaired) electrons. The summed E-state index contributed by atoms with van der Waals surface area (Å²) < 4.78 is 58.2. The van der Waals surface area contributed by atoms with E-state index in [1.807, 2.05) is 0 Å². The second kappa shape index (κ2) is 14.8.